The first-order valence-electron chi connectivity index (χ1n) is 5.55. The molecule has 0 aliphatic rings. The number of carbonyl (C=O) groups is 1. The van der Waals surface area contributed by atoms with E-state index < -0.39 is 0 Å². The zero-order chi connectivity index (χ0) is 12.0. The fourth-order valence-electron chi connectivity index (χ4n) is 1.53. The van der Waals surface area contributed by atoms with Gasteiger partial charge in [-0.25, -0.2) is 0 Å². The van der Waals surface area contributed by atoms with Crippen molar-refractivity contribution in [2.24, 2.45) is 0 Å². The molecule has 1 aromatic heterocycles. The van der Waals surface area contributed by atoms with E-state index in [4.69, 9.17) is 16.3 Å². The molecule has 0 amide bonds. The lowest BCUT2D eigenvalue weighted by Crippen LogP contribution is -2.25. The predicted molar refractivity (Wildman–Crippen MR) is 68.4 cm³/mol. The van der Waals surface area contributed by atoms with Crippen molar-refractivity contribution < 1.29 is 9.53 Å². The Balaban J connectivity index is 2.54. The van der Waals surface area contributed by atoms with Crippen LogP contribution >= 0.6 is 22.9 Å². The molecule has 0 bridgehead atoms. The van der Waals surface area contributed by atoms with Crippen molar-refractivity contribution in [3.63, 3.8) is 0 Å². The largest absolute Gasteiger partial charge is 0.371 e. The number of ether oxygens (including phenoxy) is 1. The second-order valence-electron chi connectivity index (χ2n) is 3.58. The van der Waals surface area contributed by atoms with Gasteiger partial charge >= 0.3 is 0 Å². The Morgan fingerprint density at radius 2 is 2.25 bits per heavy atom. The van der Waals surface area contributed by atoms with Gasteiger partial charge in [0, 0.05) is 17.9 Å². The number of Topliss-reactive ketones (excluding diaryl/α,β-unsaturated/α-hetero) is 1. The van der Waals surface area contributed by atoms with Crippen LogP contribution < -0.4 is 0 Å². The van der Waals surface area contributed by atoms with Crippen LogP contribution in [0.2, 0.25) is 4.34 Å². The van der Waals surface area contributed by atoms with Crippen molar-refractivity contribution in [3.8, 4) is 0 Å². The molecule has 4 heteroatoms. The minimum atomic E-state index is -0.254. The highest BCUT2D eigenvalue weighted by Gasteiger charge is 2.18. The van der Waals surface area contributed by atoms with Crippen LogP contribution in [-0.2, 0) is 16.0 Å². The fourth-order valence-corrected chi connectivity index (χ4v) is 2.63. The second kappa shape index (κ2) is 7.05. The average molecular weight is 261 g/mol. The first-order valence-corrected chi connectivity index (χ1v) is 6.75. The molecule has 0 saturated heterocycles. The van der Waals surface area contributed by atoms with Crippen molar-refractivity contribution >= 4 is 28.7 Å². The number of halogens is 1. The molecule has 1 heterocycles. The lowest BCUT2D eigenvalue weighted by Gasteiger charge is -2.14. The highest BCUT2D eigenvalue weighted by Crippen LogP contribution is 2.22. The highest BCUT2D eigenvalue weighted by atomic mass is 35.5. The Labute approximate surface area is 106 Å². The molecule has 16 heavy (non-hydrogen) atoms. The first-order chi connectivity index (χ1) is 7.67. The van der Waals surface area contributed by atoms with Crippen LogP contribution in [0.5, 0.6) is 0 Å². The third kappa shape index (κ3) is 4.24. The molecule has 0 fully saturated rings. The SMILES string of the molecule is CCCC(OCC)C(=O)Cc1ccc(Cl)s1. The Kier molecular flexibility index (Phi) is 6.03. The van der Waals surface area contributed by atoms with Gasteiger partial charge in [0.1, 0.15) is 6.10 Å². The van der Waals surface area contributed by atoms with Crippen LogP contribution in [0.25, 0.3) is 0 Å². The molecule has 0 radical (unpaired) electrons. The molecule has 0 saturated carbocycles. The molecule has 0 aliphatic heterocycles. The third-order valence-electron chi connectivity index (χ3n) is 2.26. The summed E-state index contributed by atoms with van der Waals surface area (Å²) in [5.41, 5.74) is 0. The van der Waals surface area contributed by atoms with Gasteiger partial charge in [0.2, 0.25) is 0 Å². The Hall–Kier alpha value is -0.380. The standard InChI is InChI=1S/C12H17ClO2S/c1-3-5-11(15-4-2)10(14)8-9-6-7-12(13)16-9/h6-7,11H,3-5,8H2,1-2H3. The third-order valence-corrected chi connectivity index (χ3v) is 3.49. The molecule has 2 nitrogen and oxygen atoms in total. The first kappa shape index (κ1) is 13.7. The zero-order valence-electron chi connectivity index (χ0n) is 9.66. The number of hydrogen-bond donors (Lipinski definition) is 0. The maximum absolute atomic E-state index is 11.9. The molecule has 0 N–H and O–H groups in total. The lowest BCUT2D eigenvalue weighted by atomic mass is 10.1. The summed E-state index contributed by atoms with van der Waals surface area (Å²) in [6.45, 7) is 4.56. The summed E-state index contributed by atoms with van der Waals surface area (Å²) in [5.74, 6) is 0.155. The van der Waals surface area contributed by atoms with Gasteiger partial charge in [0.05, 0.1) is 4.34 Å². The number of hydrogen-bond acceptors (Lipinski definition) is 3. The summed E-state index contributed by atoms with van der Waals surface area (Å²) in [6, 6.07) is 3.73. The second-order valence-corrected chi connectivity index (χ2v) is 5.38. The van der Waals surface area contributed by atoms with Crippen LogP contribution in [-0.4, -0.2) is 18.5 Å². The maximum Gasteiger partial charge on any atom is 0.166 e. The average Bonchev–Trinajstić information content (AvgIpc) is 2.63. The molecule has 1 rings (SSSR count). The molecule has 1 unspecified atom stereocenters. The van der Waals surface area contributed by atoms with Crippen LogP contribution in [0.4, 0.5) is 0 Å². The summed E-state index contributed by atoms with van der Waals surface area (Å²) in [4.78, 5) is 13.0. The topological polar surface area (TPSA) is 26.3 Å². The van der Waals surface area contributed by atoms with Crippen LogP contribution in [0.3, 0.4) is 0 Å². The fraction of sp³-hybridized carbons (Fsp3) is 0.583. The number of carbonyl (C=O) groups excluding carboxylic acids is 1. The van der Waals surface area contributed by atoms with Gasteiger partial charge in [-0.1, -0.05) is 24.9 Å². The predicted octanol–water partition coefficient (Wildman–Crippen LogP) is 3.72. The van der Waals surface area contributed by atoms with Crippen molar-refractivity contribution in [2.75, 3.05) is 6.61 Å². The van der Waals surface area contributed by atoms with Gasteiger partial charge in [-0.05, 0) is 25.5 Å². The van der Waals surface area contributed by atoms with E-state index in [0.29, 0.717) is 13.0 Å². The van der Waals surface area contributed by atoms with Gasteiger partial charge in [-0.2, -0.15) is 0 Å². The quantitative estimate of drug-likeness (QED) is 0.747. The van der Waals surface area contributed by atoms with E-state index in [1.54, 1.807) is 0 Å². The number of ketones is 1. The summed E-state index contributed by atoms with van der Waals surface area (Å²) >= 11 is 7.28. The van der Waals surface area contributed by atoms with Crippen molar-refractivity contribution in [3.05, 3.63) is 21.3 Å². The maximum atomic E-state index is 11.9. The summed E-state index contributed by atoms with van der Waals surface area (Å²) in [7, 11) is 0. The van der Waals surface area contributed by atoms with Crippen LogP contribution in [0.15, 0.2) is 12.1 Å². The Morgan fingerprint density at radius 3 is 2.75 bits per heavy atom. The highest BCUT2D eigenvalue weighted by molar-refractivity contribution is 7.16. The Morgan fingerprint density at radius 1 is 1.50 bits per heavy atom. The molecular weight excluding hydrogens is 244 g/mol. The van der Waals surface area contributed by atoms with Crippen LogP contribution in [0, 0.1) is 0 Å². The van der Waals surface area contributed by atoms with Gasteiger partial charge < -0.3 is 4.74 Å². The molecule has 0 aromatic carbocycles. The zero-order valence-corrected chi connectivity index (χ0v) is 11.2. The van der Waals surface area contributed by atoms with Gasteiger partial charge in [0.15, 0.2) is 5.78 Å². The molecule has 90 valence electrons. The Bertz CT molecular complexity index is 330. The molecule has 1 aromatic rings. The molecule has 0 spiro atoms. The van der Waals surface area contributed by atoms with Gasteiger partial charge in [-0.15, -0.1) is 11.3 Å². The summed E-state index contributed by atoms with van der Waals surface area (Å²) < 4.78 is 6.17. The van der Waals surface area contributed by atoms with E-state index in [-0.39, 0.29) is 11.9 Å². The minimum absolute atomic E-state index is 0.155. The smallest absolute Gasteiger partial charge is 0.166 e. The number of thiophene rings is 1. The van der Waals surface area contributed by atoms with Gasteiger partial charge in [0.25, 0.3) is 0 Å². The van der Waals surface area contributed by atoms with E-state index in [2.05, 4.69) is 6.92 Å². The summed E-state index contributed by atoms with van der Waals surface area (Å²) in [5, 5.41) is 0. The van der Waals surface area contributed by atoms with Gasteiger partial charge in [-0.3, -0.25) is 4.79 Å². The van der Waals surface area contributed by atoms with E-state index in [1.165, 1.54) is 11.3 Å². The monoisotopic (exact) mass is 260 g/mol. The van der Waals surface area contributed by atoms with Crippen molar-refractivity contribution in [1.82, 2.24) is 0 Å². The lowest BCUT2D eigenvalue weighted by molar-refractivity contribution is -0.130. The van der Waals surface area contributed by atoms with E-state index in [0.717, 1.165) is 22.1 Å². The normalized spacial score (nSPS) is 12.7. The molecule has 1 atom stereocenters. The molecular formula is C12H17ClO2S. The molecule has 0 aliphatic carbocycles. The summed E-state index contributed by atoms with van der Waals surface area (Å²) in [6.07, 6.45) is 1.94. The van der Waals surface area contributed by atoms with Crippen LogP contribution in [0.1, 0.15) is 31.6 Å². The van der Waals surface area contributed by atoms with E-state index in [9.17, 15) is 4.79 Å². The number of rotatable bonds is 7. The minimum Gasteiger partial charge on any atom is -0.371 e. The van der Waals surface area contributed by atoms with E-state index in [1.807, 2.05) is 19.1 Å². The van der Waals surface area contributed by atoms with Crippen molar-refractivity contribution in [2.45, 2.75) is 39.2 Å². The van der Waals surface area contributed by atoms with E-state index >= 15 is 0 Å². The van der Waals surface area contributed by atoms with Crippen molar-refractivity contribution in [1.29, 1.82) is 0 Å².